The number of carbonyl (C=O) groups is 1. The number of aromatic nitrogens is 1. The van der Waals surface area contributed by atoms with E-state index < -0.39 is 0 Å². The number of nitrogen functional groups attached to an aromatic ring is 1. The molecule has 1 unspecified atom stereocenters. The predicted molar refractivity (Wildman–Crippen MR) is 79.2 cm³/mol. The third-order valence-electron chi connectivity index (χ3n) is 2.61. The van der Waals surface area contributed by atoms with Gasteiger partial charge in [-0.1, -0.05) is 6.92 Å². The molecule has 0 radical (unpaired) electrons. The van der Waals surface area contributed by atoms with Crippen molar-refractivity contribution >= 4 is 23.4 Å². The van der Waals surface area contributed by atoms with Gasteiger partial charge in [-0.3, -0.25) is 4.79 Å². The van der Waals surface area contributed by atoms with Crippen molar-refractivity contribution in [1.82, 2.24) is 9.88 Å². The molecule has 102 valence electrons. The van der Waals surface area contributed by atoms with Crippen LogP contribution in [0, 0.1) is 0 Å². The number of thioether (sulfide) groups is 1. The first kappa shape index (κ1) is 15.0. The summed E-state index contributed by atoms with van der Waals surface area (Å²) in [5.74, 6) is 1.94. The largest absolute Gasteiger partial charge is 0.397 e. The van der Waals surface area contributed by atoms with Crippen LogP contribution in [-0.2, 0) is 0 Å². The highest BCUT2D eigenvalue weighted by molar-refractivity contribution is 7.99. The Kier molecular flexibility index (Phi) is 5.59. The predicted octanol–water partition coefficient (Wildman–Crippen LogP) is 2.52. The van der Waals surface area contributed by atoms with Gasteiger partial charge in [0.1, 0.15) is 5.69 Å². The summed E-state index contributed by atoms with van der Waals surface area (Å²) in [6.07, 6.45) is 1.81. The summed E-state index contributed by atoms with van der Waals surface area (Å²) in [4.78, 5) is 12.2. The van der Waals surface area contributed by atoms with Gasteiger partial charge in [0.25, 0.3) is 5.91 Å². The van der Waals surface area contributed by atoms with Crippen molar-refractivity contribution in [2.24, 2.45) is 0 Å². The molecule has 0 aliphatic heterocycles. The van der Waals surface area contributed by atoms with E-state index >= 15 is 0 Å². The van der Waals surface area contributed by atoms with E-state index in [9.17, 15) is 4.79 Å². The molecule has 0 aromatic carbocycles. The average Bonchev–Trinajstić information content (AvgIpc) is 2.69. The van der Waals surface area contributed by atoms with E-state index in [0.717, 1.165) is 11.5 Å². The summed E-state index contributed by atoms with van der Waals surface area (Å²) in [5, 5.41) is 3.00. The second-order valence-electron chi connectivity index (χ2n) is 4.69. The van der Waals surface area contributed by atoms with E-state index in [1.54, 1.807) is 6.07 Å². The molecule has 4 nitrogen and oxygen atoms in total. The van der Waals surface area contributed by atoms with E-state index in [2.05, 4.69) is 12.2 Å². The summed E-state index contributed by atoms with van der Waals surface area (Å²) < 4.78 is 1.91. The van der Waals surface area contributed by atoms with Crippen LogP contribution in [0.5, 0.6) is 0 Å². The maximum atomic E-state index is 12.2. The van der Waals surface area contributed by atoms with Crippen LogP contribution in [0.2, 0.25) is 0 Å². The summed E-state index contributed by atoms with van der Waals surface area (Å²) in [5.41, 5.74) is 7.03. The standard InChI is InChI=1S/C13H23N3OS/c1-5-18-8-10(4)15-13(17)12-6-11(14)7-16(12)9(2)3/h6-7,9-10H,5,8,14H2,1-4H3,(H,15,17). The molecule has 0 aliphatic carbocycles. The van der Waals surface area contributed by atoms with Gasteiger partial charge in [0.05, 0.1) is 5.69 Å². The Morgan fingerprint density at radius 2 is 2.17 bits per heavy atom. The van der Waals surface area contributed by atoms with E-state index in [4.69, 9.17) is 5.73 Å². The minimum Gasteiger partial charge on any atom is -0.397 e. The third kappa shape index (κ3) is 3.98. The van der Waals surface area contributed by atoms with Crippen LogP contribution >= 0.6 is 11.8 Å². The average molecular weight is 269 g/mol. The Balaban J connectivity index is 2.72. The van der Waals surface area contributed by atoms with Gasteiger partial charge in [-0.2, -0.15) is 11.8 Å². The Bertz CT molecular complexity index is 401. The second kappa shape index (κ2) is 6.73. The summed E-state index contributed by atoms with van der Waals surface area (Å²) in [6, 6.07) is 2.12. The number of carbonyl (C=O) groups excluding carboxylic acids is 1. The molecule has 1 amide bonds. The molecule has 1 aromatic heterocycles. The highest BCUT2D eigenvalue weighted by Gasteiger charge is 2.16. The van der Waals surface area contributed by atoms with Crippen molar-refractivity contribution in [3.05, 3.63) is 18.0 Å². The van der Waals surface area contributed by atoms with Crippen molar-refractivity contribution in [3.8, 4) is 0 Å². The summed E-state index contributed by atoms with van der Waals surface area (Å²) >= 11 is 1.82. The van der Waals surface area contributed by atoms with Crippen LogP contribution < -0.4 is 11.1 Å². The number of hydrogen-bond donors (Lipinski definition) is 2. The lowest BCUT2D eigenvalue weighted by molar-refractivity contribution is 0.0933. The lowest BCUT2D eigenvalue weighted by Crippen LogP contribution is -2.35. The molecular formula is C13H23N3OS. The lowest BCUT2D eigenvalue weighted by Gasteiger charge is -2.16. The van der Waals surface area contributed by atoms with Crippen molar-refractivity contribution < 1.29 is 4.79 Å². The summed E-state index contributed by atoms with van der Waals surface area (Å²) in [6.45, 7) is 8.20. The molecule has 5 heteroatoms. The molecule has 0 saturated carbocycles. The van der Waals surface area contributed by atoms with Crippen LogP contribution in [-0.4, -0.2) is 28.0 Å². The number of hydrogen-bond acceptors (Lipinski definition) is 3. The number of amides is 1. The van der Waals surface area contributed by atoms with E-state index in [1.807, 2.05) is 43.3 Å². The van der Waals surface area contributed by atoms with Gasteiger partial charge >= 0.3 is 0 Å². The molecule has 0 saturated heterocycles. The van der Waals surface area contributed by atoms with Crippen LogP contribution in [0.4, 0.5) is 5.69 Å². The first-order valence-corrected chi connectivity index (χ1v) is 7.47. The zero-order valence-corrected chi connectivity index (χ0v) is 12.4. The molecule has 1 aromatic rings. The van der Waals surface area contributed by atoms with E-state index in [0.29, 0.717) is 11.4 Å². The zero-order chi connectivity index (χ0) is 13.7. The number of nitrogens with two attached hydrogens (primary N) is 1. The van der Waals surface area contributed by atoms with E-state index in [-0.39, 0.29) is 18.0 Å². The number of nitrogens with one attached hydrogen (secondary N) is 1. The SMILES string of the molecule is CCSCC(C)NC(=O)c1cc(N)cn1C(C)C. The molecule has 0 spiro atoms. The fraction of sp³-hybridized carbons (Fsp3) is 0.615. The first-order chi connectivity index (χ1) is 8.45. The maximum Gasteiger partial charge on any atom is 0.268 e. The first-order valence-electron chi connectivity index (χ1n) is 6.31. The van der Waals surface area contributed by atoms with Crippen LogP contribution in [0.1, 0.15) is 44.2 Å². The molecule has 0 fully saturated rings. The Labute approximate surface area is 113 Å². The third-order valence-corrected chi connectivity index (χ3v) is 3.75. The van der Waals surface area contributed by atoms with Gasteiger partial charge < -0.3 is 15.6 Å². The van der Waals surface area contributed by atoms with Crippen molar-refractivity contribution in [2.75, 3.05) is 17.2 Å². The quantitative estimate of drug-likeness (QED) is 0.834. The highest BCUT2D eigenvalue weighted by atomic mass is 32.2. The fourth-order valence-electron chi connectivity index (χ4n) is 1.74. The van der Waals surface area contributed by atoms with E-state index in [1.165, 1.54) is 0 Å². The van der Waals surface area contributed by atoms with Crippen molar-refractivity contribution in [3.63, 3.8) is 0 Å². The maximum absolute atomic E-state index is 12.2. The fourth-order valence-corrected chi connectivity index (χ4v) is 2.42. The molecule has 18 heavy (non-hydrogen) atoms. The van der Waals surface area contributed by atoms with Crippen LogP contribution in [0.25, 0.3) is 0 Å². The lowest BCUT2D eigenvalue weighted by atomic mass is 10.3. The van der Waals surface area contributed by atoms with Gasteiger partial charge in [-0.25, -0.2) is 0 Å². The Morgan fingerprint density at radius 3 is 2.72 bits per heavy atom. The Hall–Kier alpha value is -1.10. The molecule has 1 heterocycles. The van der Waals surface area contributed by atoms with Crippen molar-refractivity contribution in [2.45, 2.75) is 39.8 Å². The molecular weight excluding hydrogens is 246 g/mol. The molecule has 3 N–H and O–H groups in total. The number of nitrogens with zero attached hydrogens (tertiary/aromatic N) is 1. The molecule has 0 aliphatic rings. The van der Waals surface area contributed by atoms with Gasteiger partial charge in [0.15, 0.2) is 0 Å². The topological polar surface area (TPSA) is 60.1 Å². The minimum atomic E-state index is -0.0513. The number of anilines is 1. The monoisotopic (exact) mass is 269 g/mol. The second-order valence-corrected chi connectivity index (χ2v) is 6.01. The summed E-state index contributed by atoms with van der Waals surface area (Å²) in [7, 11) is 0. The van der Waals surface area contributed by atoms with Gasteiger partial charge in [0, 0.05) is 24.0 Å². The zero-order valence-electron chi connectivity index (χ0n) is 11.6. The Morgan fingerprint density at radius 1 is 1.50 bits per heavy atom. The van der Waals surface area contributed by atoms with Crippen LogP contribution in [0.3, 0.4) is 0 Å². The van der Waals surface area contributed by atoms with Gasteiger partial charge in [-0.05, 0) is 32.6 Å². The minimum absolute atomic E-state index is 0.0513. The van der Waals surface area contributed by atoms with Crippen molar-refractivity contribution in [1.29, 1.82) is 0 Å². The van der Waals surface area contributed by atoms with Gasteiger partial charge in [-0.15, -0.1) is 0 Å². The van der Waals surface area contributed by atoms with Crippen LogP contribution in [0.15, 0.2) is 12.3 Å². The van der Waals surface area contributed by atoms with Gasteiger partial charge in [0.2, 0.25) is 0 Å². The smallest absolute Gasteiger partial charge is 0.268 e. The molecule has 0 bridgehead atoms. The highest BCUT2D eigenvalue weighted by Crippen LogP contribution is 2.16. The normalized spacial score (nSPS) is 12.7. The molecule has 1 rings (SSSR count). The molecule has 1 atom stereocenters. The number of rotatable bonds is 6.